The minimum atomic E-state index is -1.02. The lowest BCUT2D eigenvalue weighted by atomic mass is 10.1. The Hall–Kier alpha value is -1.33. The summed E-state index contributed by atoms with van der Waals surface area (Å²) in [5.41, 5.74) is 0.677. The molecule has 1 N–H and O–H groups in total. The van der Waals surface area contributed by atoms with E-state index in [1.165, 1.54) is 19.2 Å². The van der Waals surface area contributed by atoms with Gasteiger partial charge in [-0.25, -0.2) is 9.78 Å². The molecule has 88 valence electrons. The van der Waals surface area contributed by atoms with E-state index in [1.54, 1.807) is 6.07 Å². The van der Waals surface area contributed by atoms with E-state index in [-0.39, 0.29) is 5.56 Å². The number of nitrogens with zero attached hydrogens (tertiary/aromatic N) is 1. The number of carboxylic acids is 1. The van der Waals surface area contributed by atoms with E-state index < -0.39 is 5.97 Å². The van der Waals surface area contributed by atoms with Gasteiger partial charge in [0.25, 0.3) is 0 Å². The monoisotopic (exact) mass is 315 g/mol. The van der Waals surface area contributed by atoms with E-state index in [1.807, 2.05) is 0 Å². The second-order valence-corrected chi connectivity index (χ2v) is 4.53. The van der Waals surface area contributed by atoms with Gasteiger partial charge in [-0.05, 0) is 34.1 Å². The number of fused-ring (bicyclic) bond motifs is 1. The Morgan fingerprint density at radius 1 is 1.47 bits per heavy atom. The lowest BCUT2D eigenvalue weighted by molar-refractivity contribution is 0.0696. The normalized spacial score (nSPS) is 10.5. The molecular weight excluding hydrogens is 309 g/mol. The smallest absolute Gasteiger partial charge is 0.335 e. The lowest BCUT2D eigenvalue weighted by Crippen LogP contribution is -1.98. The number of benzene rings is 1. The molecule has 4 nitrogen and oxygen atoms in total. The molecule has 0 saturated carbocycles. The summed E-state index contributed by atoms with van der Waals surface area (Å²) in [6.45, 7) is 0. The van der Waals surface area contributed by atoms with Gasteiger partial charge in [0.2, 0.25) is 0 Å². The topological polar surface area (TPSA) is 59.4 Å². The van der Waals surface area contributed by atoms with Crippen LogP contribution in [-0.2, 0) is 0 Å². The first-order chi connectivity index (χ1) is 8.02. The minimum absolute atomic E-state index is 0.144. The zero-order valence-corrected chi connectivity index (χ0v) is 11.0. The van der Waals surface area contributed by atoms with Crippen molar-refractivity contribution in [2.45, 2.75) is 0 Å². The molecule has 1 aromatic heterocycles. The molecular formula is C11H7BrClNO3. The third kappa shape index (κ3) is 2.21. The Bertz CT molecular complexity index is 615. The first-order valence-electron chi connectivity index (χ1n) is 4.60. The zero-order valence-electron chi connectivity index (χ0n) is 8.70. The van der Waals surface area contributed by atoms with Crippen molar-refractivity contribution in [1.82, 2.24) is 4.98 Å². The number of ether oxygens (including phenoxy) is 1. The average molecular weight is 317 g/mol. The van der Waals surface area contributed by atoms with Crippen LogP contribution in [0.3, 0.4) is 0 Å². The maximum absolute atomic E-state index is 11.0. The van der Waals surface area contributed by atoms with Gasteiger partial charge in [-0.3, -0.25) is 0 Å². The van der Waals surface area contributed by atoms with Gasteiger partial charge in [-0.2, -0.15) is 0 Å². The van der Waals surface area contributed by atoms with Crippen LogP contribution in [0.5, 0.6) is 5.75 Å². The summed E-state index contributed by atoms with van der Waals surface area (Å²) in [5.74, 6) is -0.634. The maximum atomic E-state index is 11.0. The standard InChI is InChI=1S/C11H7BrClNO3/c1-17-8-4-6(11(15)16)2-5-3-7(12)10(13)14-9(5)8/h2-4H,1H3,(H,15,16). The molecule has 0 fully saturated rings. The van der Waals surface area contributed by atoms with E-state index in [2.05, 4.69) is 20.9 Å². The molecule has 0 amide bonds. The average Bonchev–Trinajstić information content (AvgIpc) is 2.29. The maximum Gasteiger partial charge on any atom is 0.335 e. The molecule has 0 aliphatic carbocycles. The van der Waals surface area contributed by atoms with E-state index >= 15 is 0 Å². The Morgan fingerprint density at radius 2 is 2.18 bits per heavy atom. The van der Waals surface area contributed by atoms with Crippen molar-refractivity contribution in [1.29, 1.82) is 0 Å². The second-order valence-electron chi connectivity index (χ2n) is 3.32. The fourth-order valence-corrected chi connectivity index (χ4v) is 1.96. The molecule has 1 aromatic carbocycles. The summed E-state index contributed by atoms with van der Waals surface area (Å²) < 4.78 is 5.72. The number of aromatic nitrogens is 1. The van der Waals surface area contributed by atoms with Gasteiger partial charge >= 0.3 is 5.97 Å². The van der Waals surface area contributed by atoms with Crippen LogP contribution in [0.25, 0.3) is 10.9 Å². The number of hydrogen-bond donors (Lipinski definition) is 1. The predicted molar refractivity (Wildman–Crippen MR) is 68.0 cm³/mol. The van der Waals surface area contributed by atoms with Crippen LogP contribution in [0.2, 0.25) is 5.15 Å². The SMILES string of the molecule is COc1cc(C(=O)O)cc2cc(Br)c(Cl)nc12. The molecule has 0 radical (unpaired) electrons. The summed E-state index contributed by atoms with van der Waals surface area (Å²) >= 11 is 9.13. The molecule has 2 aromatic rings. The molecule has 0 unspecified atom stereocenters. The van der Waals surface area contributed by atoms with E-state index in [4.69, 9.17) is 21.4 Å². The van der Waals surface area contributed by atoms with Crippen LogP contribution in [0, 0.1) is 0 Å². The van der Waals surface area contributed by atoms with Crippen molar-refractivity contribution >= 4 is 44.4 Å². The summed E-state index contributed by atoms with van der Waals surface area (Å²) in [6.07, 6.45) is 0. The van der Waals surface area contributed by atoms with Crippen LogP contribution >= 0.6 is 27.5 Å². The molecule has 0 aliphatic rings. The number of pyridine rings is 1. The molecule has 0 bridgehead atoms. The summed E-state index contributed by atoms with van der Waals surface area (Å²) in [7, 11) is 1.46. The molecule has 1 heterocycles. The van der Waals surface area contributed by atoms with Gasteiger partial charge in [-0.15, -0.1) is 0 Å². The highest BCUT2D eigenvalue weighted by Crippen LogP contribution is 2.31. The predicted octanol–water partition coefficient (Wildman–Crippen LogP) is 3.36. The third-order valence-electron chi connectivity index (χ3n) is 2.26. The Labute approximate surface area is 110 Å². The molecule has 0 spiro atoms. The number of carbonyl (C=O) groups is 1. The van der Waals surface area contributed by atoms with Crippen molar-refractivity contribution in [3.8, 4) is 5.75 Å². The van der Waals surface area contributed by atoms with Crippen molar-refractivity contribution < 1.29 is 14.6 Å². The molecule has 0 aliphatic heterocycles. The molecule has 0 atom stereocenters. The largest absolute Gasteiger partial charge is 0.494 e. The van der Waals surface area contributed by atoms with Crippen molar-refractivity contribution in [2.24, 2.45) is 0 Å². The van der Waals surface area contributed by atoms with Gasteiger partial charge in [0.15, 0.2) is 0 Å². The van der Waals surface area contributed by atoms with Gasteiger partial charge in [0.1, 0.15) is 16.4 Å². The van der Waals surface area contributed by atoms with Crippen molar-refractivity contribution in [3.63, 3.8) is 0 Å². The number of halogens is 2. The molecule has 6 heteroatoms. The Morgan fingerprint density at radius 3 is 2.76 bits per heavy atom. The van der Waals surface area contributed by atoms with E-state index in [9.17, 15) is 4.79 Å². The fraction of sp³-hybridized carbons (Fsp3) is 0.0909. The van der Waals surface area contributed by atoms with Gasteiger partial charge < -0.3 is 9.84 Å². The van der Waals surface area contributed by atoms with Crippen molar-refractivity contribution in [2.75, 3.05) is 7.11 Å². The van der Waals surface area contributed by atoms with Crippen LogP contribution in [0.15, 0.2) is 22.7 Å². The van der Waals surface area contributed by atoms with Crippen LogP contribution in [0.4, 0.5) is 0 Å². The second kappa shape index (κ2) is 4.50. The number of carboxylic acid groups (broad SMARTS) is 1. The third-order valence-corrected chi connectivity index (χ3v) is 3.38. The van der Waals surface area contributed by atoms with Gasteiger partial charge in [0, 0.05) is 5.39 Å². The fourth-order valence-electron chi connectivity index (χ4n) is 1.49. The molecule has 0 saturated heterocycles. The van der Waals surface area contributed by atoms with Gasteiger partial charge in [0.05, 0.1) is 17.1 Å². The molecule has 17 heavy (non-hydrogen) atoms. The van der Waals surface area contributed by atoms with Crippen molar-refractivity contribution in [3.05, 3.63) is 33.4 Å². The highest BCUT2D eigenvalue weighted by molar-refractivity contribution is 9.10. The summed E-state index contributed by atoms with van der Waals surface area (Å²) in [6, 6.07) is 4.65. The number of rotatable bonds is 2. The highest BCUT2D eigenvalue weighted by atomic mass is 79.9. The summed E-state index contributed by atoms with van der Waals surface area (Å²) in [5, 5.41) is 9.93. The minimum Gasteiger partial charge on any atom is -0.494 e. The lowest BCUT2D eigenvalue weighted by Gasteiger charge is -2.07. The summed E-state index contributed by atoms with van der Waals surface area (Å²) in [4.78, 5) is 15.1. The number of aromatic carboxylic acids is 1. The van der Waals surface area contributed by atoms with Crippen LogP contribution in [-0.4, -0.2) is 23.2 Å². The first kappa shape index (κ1) is 12.1. The Kier molecular flexibility index (Phi) is 3.22. The van der Waals surface area contributed by atoms with Crippen LogP contribution < -0.4 is 4.74 Å². The van der Waals surface area contributed by atoms with Gasteiger partial charge in [-0.1, -0.05) is 11.6 Å². The van der Waals surface area contributed by atoms with E-state index in [0.717, 1.165) is 0 Å². The Balaban J connectivity index is 2.82. The quantitative estimate of drug-likeness (QED) is 0.863. The first-order valence-corrected chi connectivity index (χ1v) is 5.77. The molecule has 2 rings (SSSR count). The zero-order chi connectivity index (χ0) is 12.6. The van der Waals surface area contributed by atoms with Crippen LogP contribution in [0.1, 0.15) is 10.4 Å². The highest BCUT2D eigenvalue weighted by Gasteiger charge is 2.12. The number of hydrogen-bond acceptors (Lipinski definition) is 3. The number of methoxy groups -OCH3 is 1. The van der Waals surface area contributed by atoms with E-state index in [0.29, 0.717) is 26.3 Å².